The Morgan fingerprint density at radius 2 is 1.85 bits per heavy atom. The molecule has 0 aromatic heterocycles. The zero-order chi connectivity index (χ0) is 10.9. The first-order chi connectivity index (χ1) is 5.93. The van der Waals surface area contributed by atoms with E-state index in [1.54, 1.807) is 0 Å². The van der Waals surface area contributed by atoms with Crippen molar-refractivity contribution in [3.63, 3.8) is 0 Å². The SMILES string of the molecule is CCC(C)OC(C)=O.COC(=O)O. The highest BCUT2D eigenvalue weighted by atomic mass is 16.6. The molecule has 0 amide bonds. The number of ether oxygens (including phenoxy) is 2. The molecular weight excluding hydrogens is 176 g/mol. The molecule has 78 valence electrons. The van der Waals surface area contributed by atoms with Gasteiger partial charge in [0.15, 0.2) is 0 Å². The number of methoxy groups -OCH3 is 1. The highest BCUT2D eigenvalue weighted by Gasteiger charge is 1.99. The minimum atomic E-state index is -1.25. The number of hydrogen-bond acceptors (Lipinski definition) is 4. The third-order valence-corrected chi connectivity index (χ3v) is 1.12. The normalized spacial score (nSPS) is 10.5. The van der Waals surface area contributed by atoms with E-state index in [0.29, 0.717) is 0 Å². The molecule has 0 aliphatic carbocycles. The van der Waals surface area contributed by atoms with Crippen molar-refractivity contribution in [1.29, 1.82) is 0 Å². The van der Waals surface area contributed by atoms with Gasteiger partial charge >= 0.3 is 12.1 Å². The largest absolute Gasteiger partial charge is 0.505 e. The van der Waals surface area contributed by atoms with E-state index in [2.05, 4.69) is 4.74 Å². The number of hydrogen-bond donors (Lipinski definition) is 1. The van der Waals surface area contributed by atoms with Gasteiger partial charge in [0, 0.05) is 6.92 Å². The standard InChI is InChI=1S/C6H12O2.C2H4O3/c1-4-5(2)8-6(3)7;1-5-2(3)4/h5H,4H2,1-3H3;1H3,(H,3,4). The van der Waals surface area contributed by atoms with Crippen molar-refractivity contribution in [3.8, 4) is 0 Å². The Kier molecular flexibility index (Phi) is 9.70. The van der Waals surface area contributed by atoms with E-state index < -0.39 is 6.16 Å². The molecule has 0 aromatic rings. The Balaban J connectivity index is 0. The molecule has 13 heavy (non-hydrogen) atoms. The second-order valence-electron chi connectivity index (χ2n) is 2.30. The van der Waals surface area contributed by atoms with Crippen molar-refractivity contribution in [3.05, 3.63) is 0 Å². The summed E-state index contributed by atoms with van der Waals surface area (Å²) in [6, 6.07) is 0. The lowest BCUT2D eigenvalue weighted by Gasteiger charge is -2.06. The van der Waals surface area contributed by atoms with Crippen molar-refractivity contribution >= 4 is 12.1 Å². The predicted molar refractivity (Wildman–Crippen MR) is 46.6 cm³/mol. The zero-order valence-electron chi connectivity index (χ0n) is 8.36. The van der Waals surface area contributed by atoms with Crippen molar-refractivity contribution < 1.29 is 24.2 Å². The molecule has 5 nitrogen and oxygen atoms in total. The molecule has 0 rings (SSSR count). The zero-order valence-corrected chi connectivity index (χ0v) is 8.36. The van der Waals surface area contributed by atoms with Crippen LogP contribution >= 0.6 is 0 Å². The van der Waals surface area contributed by atoms with Crippen LogP contribution < -0.4 is 0 Å². The minimum absolute atomic E-state index is 0.0764. The van der Waals surface area contributed by atoms with E-state index in [0.717, 1.165) is 13.5 Å². The first-order valence-corrected chi connectivity index (χ1v) is 3.88. The van der Waals surface area contributed by atoms with Crippen molar-refractivity contribution in [2.75, 3.05) is 7.11 Å². The number of esters is 1. The fraction of sp³-hybridized carbons (Fsp3) is 0.750. The number of carbonyl (C=O) groups is 2. The molecular formula is C8H16O5. The van der Waals surface area contributed by atoms with Crippen LogP contribution in [0.3, 0.4) is 0 Å². The average Bonchev–Trinajstić information content (AvgIpc) is 2.04. The maximum absolute atomic E-state index is 10.2. The topological polar surface area (TPSA) is 72.8 Å². The first kappa shape index (κ1) is 14.3. The van der Waals surface area contributed by atoms with Crippen LogP contribution in [0.1, 0.15) is 27.2 Å². The Bertz CT molecular complexity index is 155. The summed E-state index contributed by atoms with van der Waals surface area (Å²) in [6.07, 6.45) is -0.281. The second-order valence-corrected chi connectivity index (χ2v) is 2.30. The van der Waals surface area contributed by atoms with E-state index in [4.69, 9.17) is 14.6 Å². The van der Waals surface area contributed by atoms with Gasteiger partial charge in [-0.3, -0.25) is 4.79 Å². The maximum Gasteiger partial charge on any atom is 0.505 e. The van der Waals surface area contributed by atoms with E-state index >= 15 is 0 Å². The Hall–Kier alpha value is -1.26. The van der Waals surface area contributed by atoms with Crippen molar-refractivity contribution in [2.45, 2.75) is 33.3 Å². The van der Waals surface area contributed by atoms with Crippen LogP contribution in [0.4, 0.5) is 4.79 Å². The van der Waals surface area contributed by atoms with Gasteiger partial charge in [0.05, 0.1) is 13.2 Å². The van der Waals surface area contributed by atoms with Crippen LogP contribution in [-0.2, 0) is 14.3 Å². The summed E-state index contributed by atoms with van der Waals surface area (Å²) in [5.74, 6) is -0.195. The molecule has 0 aliphatic heterocycles. The van der Waals surface area contributed by atoms with Gasteiger partial charge in [-0.25, -0.2) is 4.79 Å². The lowest BCUT2D eigenvalue weighted by atomic mass is 10.3. The van der Waals surface area contributed by atoms with Gasteiger partial charge in [0.1, 0.15) is 0 Å². The summed E-state index contributed by atoms with van der Waals surface area (Å²) in [5.41, 5.74) is 0. The molecule has 1 unspecified atom stereocenters. The molecule has 0 fully saturated rings. The fourth-order valence-corrected chi connectivity index (χ4v) is 0.367. The summed E-state index contributed by atoms with van der Waals surface area (Å²) in [6.45, 7) is 5.28. The number of rotatable bonds is 2. The van der Waals surface area contributed by atoms with Gasteiger partial charge in [-0.15, -0.1) is 0 Å². The molecule has 0 aliphatic rings. The predicted octanol–water partition coefficient (Wildman–Crippen LogP) is 1.66. The van der Waals surface area contributed by atoms with Crippen LogP contribution in [0.5, 0.6) is 0 Å². The molecule has 1 N–H and O–H groups in total. The minimum Gasteiger partial charge on any atom is -0.463 e. The smallest absolute Gasteiger partial charge is 0.463 e. The molecule has 1 atom stereocenters. The Morgan fingerprint density at radius 3 is 1.92 bits per heavy atom. The van der Waals surface area contributed by atoms with E-state index in [-0.39, 0.29) is 12.1 Å². The van der Waals surface area contributed by atoms with Gasteiger partial charge < -0.3 is 14.6 Å². The molecule has 0 saturated heterocycles. The van der Waals surface area contributed by atoms with E-state index in [1.807, 2.05) is 13.8 Å². The third kappa shape index (κ3) is 18.1. The van der Waals surface area contributed by atoms with Gasteiger partial charge in [-0.2, -0.15) is 0 Å². The van der Waals surface area contributed by atoms with E-state index in [9.17, 15) is 4.79 Å². The highest BCUT2D eigenvalue weighted by Crippen LogP contribution is 1.94. The summed E-state index contributed by atoms with van der Waals surface area (Å²) in [7, 11) is 1.10. The summed E-state index contributed by atoms with van der Waals surface area (Å²) >= 11 is 0. The van der Waals surface area contributed by atoms with Crippen molar-refractivity contribution in [2.24, 2.45) is 0 Å². The van der Waals surface area contributed by atoms with Crippen LogP contribution in [-0.4, -0.2) is 30.4 Å². The van der Waals surface area contributed by atoms with Crippen LogP contribution in [0.15, 0.2) is 0 Å². The van der Waals surface area contributed by atoms with Gasteiger partial charge in [0.25, 0.3) is 0 Å². The maximum atomic E-state index is 10.2. The first-order valence-electron chi connectivity index (χ1n) is 3.88. The quantitative estimate of drug-likeness (QED) is 0.673. The number of carbonyl (C=O) groups excluding carboxylic acids is 1. The summed E-state index contributed by atoms with van der Waals surface area (Å²) < 4.78 is 8.43. The molecule has 0 aromatic carbocycles. The van der Waals surface area contributed by atoms with Gasteiger partial charge in [0.2, 0.25) is 0 Å². The van der Waals surface area contributed by atoms with Gasteiger partial charge in [-0.1, -0.05) is 6.92 Å². The second kappa shape index (κ2) is 8.83. The number of carboxylic acid groups (broad SMARTS) is 1. The van der Waals surface area contributed by atoms with E-state index in [1.165, 1.54) is 6.92 Å². The van der Waals surface area contributed by atoms with Crippen LogP contribution in [0, 0.1) is 0 Å². The van der Waals surface area contributed by atoms with Crippen LogP contribution in [0.25, 0.3) is 0 Å². The average molecular weight is 192 g/mol. The summed E-state index contributed by atoms with van der Waals surface area (Å²) in [4.78, 5) is 19.3. The lowest BCUT2D eigenvalue weighted by Crippen LogP contribution is -2.09. The lowest BCUT2D eigenvalue weighted by molar-refractivity contribution is -0.145. The molecule has 0 heterocycles. The fourth-order valence-electron chi connectivity index (χ4n) is 0.367. The Labute approximate surface area is 77.6 Å². The highest BCUT2D eigenvalue weighted by molar-refractivity contribution is 5.66. The van der Waals surface area contributed by atoms with Gasteiger partial charge in [-0.05, 0) is 13.3 Å². The molecule has 0 radical (unpaired) electrons. The molecule has 0 saturated carbocycles. The van der Waals surface area contributed by atoms with Crippen LogP contribution in [0.2, 0.25) is 0 Å². The Morgan fingerprint density at radius 1 is 1.46 bits per heavy atom. The van der Waals surface area contributed by atoms with Crippen molar-refractivity contribution in [1.82, 2.24) is 0 Å². The molecule has 0 spiro atoms. The summed E-state index contributed by atoms with van der Waals surface area (Å²) in [5, 5.41) is 7.50. The monoisotopic (exact) mass is 192 g/mol. The molecule has 5 heteroatoms. The third-order valence-electron chi connectivity index (χ3n) is 1.12. The molecule has 0 bridgehead atoms.